The molecule has 0 spiro atoms. The van der Waals surface area contributed by atoms with Crippen molar-refractivity contribution in [2.45, 2.75) is 18.9 Å². The van der Waals surface area contributed by atoms with Crippen molar-refractivity contribution in [3.8, 4) is 0 Å². The molecule has 4 heteroatoms. The Balaban J connectivity index is 1.58. The van der Waals surface area contributed by atoms with Crippen LogP contribution in [0.15, 0.2) is 24.3 Å². The number of methoxy groups -OCH3 is 1. The zero-order chi connectivity index (χ0) is 13.3. The third-order valence-electron chi connectivity index (χ3n) is 3.20. The molecule has 0 saturated carbocycles. The van der Waals surface area contributed by atoms with E-state index in [0.29, 0.717) is 13.2 Å². The van der Waals surface area contributed by atoms with Gasteiger partial charge in [0, 0.05) is 39.0 Å². The maximum Gasteiger partial charge on any atom is 0.0789 e. The van der Waals surface area contributed by atoms with Crippen LogP contribution >= 0.6 is 0 Å². The number of fused-ring (bicyclic) bond motifs is 1. The van der Waals surface area contributed by atoms with E-state index >= 15 is 0 Å². The summed E-state index contributed by atoms with van der Waals surface area (Å²) in [5.74, 6) is 0. The maximum absolute atomic E-state index is 5.83. The van der Waals surface area contributed by atoms with Gasteiger partial charge in [0.05, 0.1) is 19.3 Å². The van der Waals surface area contributed by atoms with Gasteiger partial charge < -0.3 is 19.5 Å². The fourth-order valence-corrected chi connectivity index (χ4v) is 2.21. The number of hydrogen-bond donors (Lipinski definition) is 1. The summed E-state index contributed by atoms with van der Waals surface area (Å²) in [4.78, 5) is 0. The lowest BCUT2D eigenvalue weighted by atomic mass is 10.0. The third kappa shape index (κ3) is 4.82. The number of para-hydroxylation sites is 1. The Hall–Kier alpha value is -1.10. The van der Waals surface area contributed by atoms with Crippen molar-refractivity contribution in [1.82, 2.24) is 0 Å². The topological polar surface area (TPSA) is 39.7 Å². The zero-order valence-corrected chi connectivity index (χ0v) is 11.6. The summed E-state index contributed by atoms with van der Waals surface area (Å²) in [6, 6.07) is 8.40. The molecule has 1 aromatic carbocycles. The molecule has 1 aromatic rings. The molecule has 0 aromatic heterocycles. The Bertz CT molecular complexity index is 370. The molecule has 106 valence electrons. The van der Waals surface area contributed by atoms with Crippen molar-refractivity contribution < 1.29 is 14.2 Å². The second kappa shape index (κ2) is 8.15. The molecule has 0 saturated heterocycles. The highest BCUT2D eigenvalue weighted by molar-refractivity contribution is 5.53. The van der Waals surface area contributed by atoms with Gasteiger partial charge in [0.2, 0.25) is 0 Å². The van der Waals surface area contributed by atoms with E-state index in [1.807, 2.05) is 0 Å². The minimum Gasteiger partial charge on any atom is -0.385 e. The highest BCUT2D eigenvalue weighted by Crippen LogP contribution is 2.22. The number of rotatable bonds is 8. The van der Waals surface area contributed by atoms with Gasteiger partial charge in [0.15, 0.2) is 0 Å². The van der Waals surface area contributed by atoms with Crippen LogP contribution in [-0.4, -0.2) is 46.2 Å². The van der Waals surface area contributed by atoms with Crippen LogP contribution in [-0.2, 0) is 20.6 Å². The number of benzene rings is 1. The summed E-state index contributed by atoms with van der Waals surface area (Å²) < 4.78 is 16.3. The van der Waals surface area contributed by atoms with Gasteiger partial charge in [-0.25, -0.2) is 0 Å². The summed E-state index contributed by atoms with van der Waals surface area (Å²) in [5.41, 5.74) is 2.57. The molecule has 1 atom stereocenters. The molecule has 0 bridgehead atoms. The van der Waals surface area contributed by atoms with Crippen molar-refractivity contribution in [2.75, 3.05) is 45.4 Å². The van der Waals surface area contributed by atoms with Crippen molar-refractivity contribution in [3.63, 3.8) is 0 Å². The largest absolute Gasteiger partial charge is 0.385 e. The van der Waals surface area contributed by atoms with Gasteiger partial charge in [0.25, 0.3) is 0 Å². The monoisotopic (exact) mass is 265 g/mol. The van der Waals surface area contributed by atoms with Crippen molar-refractivity contribution >= 4 is 5.69 Å². The van der Waals surface area contributed by atoms with E-state index in [-0.39, 0.29) is 6.10 Å². The van der Waals surface area contributed by atoms with E-state index < -0.39 is 0 Å². The average molecular weight is 265 g/mol. The molecule has 1 unspecified atom stereocenters. The van der Waals surface area contributed by atoms with E-state index in [2.05, 4.69) is 29.6 Å². The Morgan fingerprint density at radius 3 is 2.95 bits per heavy atom. The minimum atomic E-state index is 0.248. The highest BCUT2D eigenvalue weighted by atomic mass is 16.5. The summed E-state index contributed by atoms with van der Waals surface area (Å²) >= 11 is 0. The number of hydrogen-bond acceptors (Lipinski definition) is 4. The highest BCUT2D eigenvalue weighted by Gasteiger charge is 2.17. The smallest absolute Gasteiger partial charge is 0.0789 e. The molecule has 0 aliphatic carbocycles. The van der Waals surface area contributed by atoms with Crippen molar-refractivity contribution in [2.24, 2.45) is 0 Å². The van der Waals surface area contributed by atoms with E-state index in [4.69, 9.17) is 14.2 Å². The second-order valence-corrected chi connectivity index (χ2v) is 4.69. The lowest BCUT2D eigenvalue weighted by Gasteiger charge is -2.26. The molecule has 1 N–H and O–H groups in total. The molecular weight excluding hydrogens is 242 g/mol. The average Bonchev–Trinajstić information content (AvgIpc) is 2.46. The second-order valence-electron chi connectivity index (χ2n) is 4.69. The first-order chi connectivity index (χ1) is 9.40. The number of anilines is 1. The standard InChI is InChI=1S/C15H23NO3/c1-17-7-4-8-18-9-10-19-14-11-13-5-2-3-6-15(13)16-12-14/h2-3,5-6,14,16H,4,7-12H2,1H3. The van der Waals surface area contributed by atoms with Crippen LogP contribution in [0.4, 0.5) is 5.69 Å². The lowest BCUT2D eigenvalue weighted by molar-refractivity contribution is 0.00559. The Labute approximate surface area is 115 Å². The fraction of sp³-hybridized carbons (Fsp3) is 0.600. The SMILES string of the molecule is COCCCOCCOC1CNc2ccccc2C1. The molecular formula is C15H23NO3. The molecule has 0 fully saturated rings. The Morgan fingerprint density at radius 1 is 1.16 bits per heavy atom. The van der Waals surface area contributed by atoms with Crippen LogP contribution in [0.1, 0.15) is 12.0 Å². The summed E-state index contributed by atoms with van der Waals surface area (Å²) in [6.07, 6.45) is 2.17. The Morgan fingerprint density at radius 2 is 2.05 bits per heavy atom. The first-order valence-corrected chi connectivity index (χ1v) is 6.90. The molecule has 0 amide bonds. The molecule has 1 aliphatic rings. The van der Waals surface area contributed by atoms with Crippen molar-refractivity contribution in [1.29, 1.82) is 0 Å². The van der Waals surface area contributed by atoms with Crippen LogP contribution in [0.5, 0.6) is 0 Å². The Kier molecular flexibility index (Phi) is 6.14. The van der Waals surface area contributed by atoms with Crippen LogP contribution in [0.2, 0.25) is 0 Å². The third-order valence-corrected chi connectivity index (χ3v) is 3.20. The number of ether oxygens (including phenoxy) is 3. The van der Waals surface area contributed by atoms with Crippen LogP contribution in [0.25, 0.3) is 0 Å². The minimum absolute atomic E-state index is 0.248. The van der Waals surface area contributed by atoms with Gasteiger partial charge in [-0.2, -0.15) is 0 Å². The zero-order valence-electron chi connectivity index (χ0n) is 11.6. The van der Waals surface area contributed by atoms with Gasteiger partial charge in [-0.1, -0.05) is 18.2 Å². The molecule has 1 heterocycles. The van der Waals surface area contributed by atoms with Crippen LogP contribution in [0.3, 0.4) is 0 Å². The predicted octanol–water partition coefficient (Wildman–Crippen LogP) is 2.09. The summed E-state index contributed by atoms with van der Waals surface area (Å²) in [6.45, 7) is 3.68. The van der Waals surface area contributed by atoms with Crippen LogP contribution in [0, 0.1) is 0 Å². The van der Waals surface area contributed by atoms with E-state index in [0.717, 1.165) is 32.6 Å². The van der Waals surface area contributed by atoms with Gasteiger partial charge in [-0.05, 0) is 18.1 Å². The summed E-state index contributed by atoms with van der Waals surface area (Å²) in [5, 5.41) is 3.40. The lowest BCUT2D eigenvalue weighted by Crippen LogP contribution is -2.31. The van der Waals surface area contributed by atoms with Gasteiger partial charge in [-0.3, -0.25) is 0 Å². The van der Waals surface area contributed by atoms with E-state index in [1.165, 1.54) is 11.3 Å². The van der Waals surface area contributed by atoms with E-state index in [9.17, 15) is 0 Å². The number of nitrogens with one attached hydrogen (secondary N) is 1. The quantitative estimate of drug-likeness (QED) is 0.731. The molecule has 0 radical (unpaired) electrons. The predicted molar refractivity (Wildman–Crippen MR) is 75.7 cm³/mol. The van der Waals surface area contributed by atoms with E-state index in [1.54, 1.807) is 7.11 Å². The summed E-state index contributed by atoms with van der Waals surface area (Å²) in [7, 11) is 1.71. The maximum atomic E-state index is 5.83. The first kappa shape index (κ1) is 14.3. The van der Waals surface area contributed by atoms with Gasteiger partial charge in [-0.15, -0.1) is 0 Å². The van der Waals surface area contributed by atoms with Gasteiger partial charge >= 0.3 is 0 Å². The van der Waals surface area contributed by atoms with Gasteiger partial charge in [0.1, 0.15) is 0 Å². The molecule has 4 nitrogen and oxygen atoms in total. The normalized spacial score (nSPS) is 17.8. The molecule has 2 rings (SSSR count). The fourth-order valence-electron chi connectivity index (χ4n) is 2.21. The van der Waals surface area contributed by atoms with Crippen LogP contribution < -0.4 is 5.32 Å². The molecule has 1 aliphatic heterocycles. The molecule has 19 heavy (non-hydrogen) atoms. The van der Waals surface area contributed by atoms with Crippen molar-refractivity contribution in [3.05, 3.63) is 29.8 Å². The first-order valence-electron chi connectivity index (χ1n) is 6.90.